The van der Waals surface area contributed by atoms with Gasteiger partial charge in [0, 0.05) is 23.0 Å². The molecule has 4 aromatic carbocycles. The molecule has 13 heteroatoms. The molecule has 1 aliphatic heterocycles. The van der Waals surface area contributed by atoms with Crippen molar-refractivity contribution >= 4 is 34.6 Å². The lowest BCUT2D eigenvalue weighted by molar-refractivity contribution is -0.143. The van der Waals surface area contributed by atoms with Crippen molar-refractivity contribution in [1.82, 2.24) is 0 Å². The van der Waals surface area contributed by atoms with Crippen molar-refractivity contribution in [3.8, 4) is 5.75 Å². The number of phenols is 1. The molecule has 280 valence electrons. The van der Waals surface area contributed by atoms with Crippen LogP contribution in [0.15, 0.2) is 115 Å². The van der Waals surface area contributed by atoms with Crippen molar-refractivity contribution in [2.75, 3.05) is 4.90 Å². The van der Waals surface area contributed by atoms with Crippen LogP contribution in [0.3, 0.4) is 0 Å². The average Bonchev–Trinajstić information content (AvgIpc) is 3.42. The number of amides is 2. The maximum Gasteiger partial charge on any atom is 0.416 e. The summed E-state index contributed by atoms with van der Waals surface area (Å²) in [7, 11) is 0. The van der Waals surface area contributed by atoms with Gasteiger partial charge in [-0.15, -0.1) is 0 Å². The number of allylic oxidation sites excluding steroid dienone is 4. The molecule has 8 rings (SSSR count). The van der Waals surface area contributed by atoms with E-state index in [-0.39, 0.29) is 30.0 Å². The highest BCUT2D eigenvalue weighted by Gasteiger charge is 2.66. The number of phenolic OH excluding ortho intramolecular Hbond substituents is 1. The second-order valence-electron chi connectivity index (χ2n) is 14.2. The summed E-state index contributed by atoms with van der Waals surface area (Å²) in [6, 6.07) is 20.8. The summed E-state index contributed by atoms with van der Waals surface area (Å²) in [5, 5.41) is 11.3. The van der Waals surface area contributed by atoms with Crippen LogP contribution in [0.25, 0.3) is 5.57 Å². The first kappa shape index (κ1) is 36.1. The Morgan fingerprint density at radius 1 is 0.727 bits per heavy atom. The molecule has 2 amide bonds. The molecule has 0 unspecified atom stereocenters. The van der Waals surface area contributed by atoms with Gasteiger partial charge in [0.2, 0.25) is 11.8 Å². The molecule has 6 nitrogen and oxygen atoms in total. The zero-order valence-corrected chi connectivity index (χ0v) is 28.4. The topological polar surface area (TPSA) is 91.8 Å². The van der Waals surface area contributed by atoms with E-state index in [0.29, 0.717) is 33.7 Å². The predicted octanol–water partition coefficient (Wildman–Crippen LogP) is 8.60. The van der Waals surface area contributed by atoms with Crippen LogP contribution < -0.4 is 4.90 Å². The third-order valence-corrected chi connectivity index (χ3v) is 11.5. The van der Waals surface area contributed by atoms with E-state index in [1.54, 1.807) is 66.7 Å². The number of aromatic hydroxyl groups is 1. The minimum absolute atomic E-state index is 0.0586. The maximum absolute atomic E-state index is 15.3. The van der Waals surface area contributed by atoms with Gasteiger partial charge in [0.15, 0.2) is 23.1 Å². The number of carbonyl (C=O) groups is 4. The summed E-state index contributed by atoms with van der Waals surface area (Å²) in [5.41, 5.74) is -5.11. The van der Waals surface area contributed by atoms with E-state index in [9.17, 15) is 50.6 Å². The highest BCUT2D eigenvalue weighted by Crippen LogP contribution is 2.64. The van der Waals surface area contributed by atoms with E-state index in [2.05, 4.69) is 0 Å². The number of rotatable bonds is 4. The number of hydrogen-bond donors (Lipinski definition) is 1. The average molecular weight is 760 g/mol. The quantitative estimate of drug-likeness (QED) is 0.128. The number of halogens is 7. The monoisotopic (exact) mass is 759 g/mol. The normalized spacial score (nSPS) is 26.6. The summed E-state index contributed by atoms with van der Waals surface area (Å²) >= 11 is 0. The van der Waals surface area contributed by atoms with E-state index < -0.39 is 99.1 Å². The Morgan fingerprint density at radius 3 is 1.96 bits per heavy atom. The fourth-order valence-electron chi connectivity index (χ4n) is 9.31. The molecule has 0 aromatic heterocycles. The smallest absolute Gasteiger partial charge is 0.416 e. The SMILES string of the molecule is O=C1C(c2ccccc2)=CC(=O)[C@@]2(c3ccccc3)[C@@H](c3cccc(F)c3O)C3=CC[C@@H]4C(=O)N(c5cc(C(F)(F)F)cc(C(F)(F)F)c5)C(=O)[C@@H]4[C@@H]3C[C@@H]12. The van der Waals surface area contributed by atoms with Crippen LogP contribution in [0.4, 0.5) is 36.4 Å². The predicted molar refractivity (Wildman–Crippen MR) is 184 cm³/mol. The number of nitrogens with zero attached hydrogens (tertiary/aromatic N) is 1. The van der Waals surface area contributed by atoms with Crippen LogP contribution in [0.2, 0.25) is 0 Å². The number of benzene rings is 4. The van der Waals surface area contributed by atoms with E-state index in [0.717, 1.165) is 6.07 Å². The number of anilines is 1. The summed E-state index contributed by atoms with van der Waals surface area (Å²) < 4.78 is 98.6. The Hall–Kier alpha value is -5.85. The van der Waals surface area contributed by atoms with E-state index in [1.807, 2.05) is 0 Å². The van der Waals surface area contributed by atoms with E-state index in [4.69, 9.17) is 0 Å². The summed E-state index contributed by atoms with van der Waals surface area (Å²) in [4.78, 5) is 58.7. The number of alkyl halides is 6. The number of para-hydroxylation sites is 1. The maximum atomic E-state index is 15.3. The van der Waals surface area contributed by atoms with Crippen LogP contribution in [0, 0.1) is 29.5 Å². The molecule has 6 atom stereocenters. The van der Waals surface area contributed by atoms with Gasteiger partial charge in [-0.25, -0.2) is 9.29 Å². The van der Waals surface area contributed by atoms with Gasteiger partial charge in [0.05, 0.1) is 34.1 Å². The fourth-order valence-corrected chi connectivity index (χ4v) is 9.31. The molecule has 1 saturated heterocycles. The van der Waals surface area contributed by atoms with Crippen LogP contribution in [0.5, 0.6) is 5.75 Å². The fraction of sp³-hybridized carbons (Fsp3) is 0.238. The number of hydrogen-bond acceptors (Lipinski definition) is 5. The lowest BCUT2D eigenvalue weighted by Crippen LogP contribution is -2.58. The van der Waals surface area contributed by atoms with Crippen molar-refractivity contribution in [2.24, 2.45) is 23.7 Å². The number of carbonyl (C=O) groups excluding carboxylic acids is 4. The molecule has 4 aromatic rings. The number of ketones is 2. The Kier molecular flexibility index (Phi) is 8.28. The van der Waals surface area contributed by atoms with Gasteiger partial charge in [-0.1, -0.05) is 84.4 Å². The van der Waals surface area contributed by atoms with Crippen molar-refractivity contribution < 1.29 is 55.0 Å². The van der Waals surface area contributed by atoms with Gasteiger partial charge >= 0.3 is 12.4 Å². The zero-order chi connectivity index (χ0) is 39.2. The minimum Gasteiger partial charge on any atom is -0.505 e. The van der Waals surface area contributed by atoms with Gasteiger partial charge in [-0.2, -0.15) is 26.3 Å². The Labute approximate surface area is 308 Å². The first-order valence-electron chi connectivity index (χ1n) is 17.3. The van der Waals surface area contributed by atoms with Crippen LogP contribution in [0.1, 0.15) is 46.6 Å². The molecule has 0 spiro atoms. The van der Waals surface area contributed by atoms with Gasteiger partial charge < -0.3 is 5.11 Å². The molecular weight excluding hydrogens is 731 g/mol. The highest BCUT2D eigenvalue weighted by molar-refractivity contribution is 6.32. The molecule has 4 aliphatic rings. The van der Waals surface area contributed by atoms with Gasteiger partial charge in [-0.05, 0) is 60.2 Å². The Balaban J connectivity index is 1.34. The van der Waals surface area contributed by atoms with Crippen molar-refractivity contribution in [1.29, 1.82) is 0 Å². The second-order valence-corrected chi connectivity index (χ2v) is 14.2. The molecule has 2 fully saturated rings. The van der Waals surface area contributed by atoms with E-state index >= 15 is 4.39 Å². The third kappa shape index (κ3) is 5.45. The lowest BCUT2D eigenvalue weighted by atomic mass is 9.44. The Bertz CT molecular complexity index is 2320. The van der Waals surface area contributed by atoms with Crippen LogP contribution in [-0.2, 0) is 36.9 Å². The molecule has 1 saturated carbocycles. The molecule has 0 bridgehead atoms. The van der Waals surface area contributed by atoms with Crippen LogP contribution in [-0.4, -0.2) is 28.5 Å². The van der Waals surface area contributed by atoms with Crippen molar-refractivity contribution in [2.45, 2.75) is 36.5 Å². The molecule has 55 heavy (non-hydrogen) atoms. The molecule has 1 N–H and O–H groups in total. The molecule has 0 radical (unpaired) electrons. The summed E-state index contributed by atoms with van der Waals surface area (Å²) in [5.74, 6) is -11.4. The van der Waals surface area contributed by atoms with E-state index in [1.165, 1.54) is 18.2 Å². The highest BCUT2D eigenvalue weighted by atomic mass is 19.4. The number of Topliss-reactive ketones (excluding diaryl/α,β-unsaturated/α-hetero) is 1. The first-order chi connectivity index (χ1) is 26.0. The first-order valence-corrected chi connectivity index (χ1v) is 17.3. The largest absolute Gasteiger partial charge is 0.505 e. The summed E-state index contributed by atoms with van der Waals surface area (Å²) in [6.45, 7) is 0. The molecule has 1 heterocycles. The molecular formula is C42H28F7NO5. The minimum atomic E-state index is -5.26. The number of imide groups is 1. The molecule has 3 aliphatic carbocycles. The third-order valence-electron chi connectivity index (χ3n) is 11.5. The van der Waals surface area contributed by atoms with Crippen molar-refractivity contribution in [3.05, 3.63) is 148 Å². The zero-order valence-electron chi connectivity index (χ0n) is 28.4. The van der Waals surface area contributed by atoms with Crippen molar-refractivity contribution in [3.63, 3.8) is 0 Å². The lowest BCUT2D eigenvalue weighted by Gasteiger charge is -2.55. The second kappa shape index (κ2) is 12.6. The number of fused-ring (bicyclic) bond motifs is 4. The van der Waals surface area contributed by atoms with Crippen LogP contribution >= 0.6 is 0 Å². The van der Waals surface area contributed by atoms with Gasteiger partial charge in [0.25, 0.3) is 0 Å². The summed E-state index contributed by atoms with van der Waals surface area (Å²) in [6.07, 6.45) is -8.19. The van der Waals surface area contributed by atoms with Gasteiger partial charge in [-0.3, -0.25) is 19.2 Å². The Morgan fingerprint density at radius 2 is 1.35 bits per heavy atom. The standard InChI is InChI=1S/C42H28F7NO5/c43-32-13-7-12-28(37(32)53)35-26-14-15-27-34(39(55)50(38(27)54)25-17-23(41(44,45)46)16-24(18-25)42(47,48)49)30(26)19-31-36(52)29(21-8-3-1-4-9-21)20-33(51)40(31,35)22-10-5-2-6-11-22/h1-14,16-18,20,27,30-31,34-35,53H,15,19H2/t27-,30+,31-,34-,35+,40-/m0/s1. The van der Waals surface area contributed by atoms with Gasteiger partial charge in [0.1, 0.15) is 0 Å².